The van der Waals surface area contributed by atoms with Crippen LogP contribution in [0.2, 0.25) is 0 Å². The van der Waals surface area contributed by atoms with Crippen LogP contribution in [-0.2, 0) is 17.7 Å². The summed E-state index contributed by atoms with van der Waals surface area (Å²) < 4.78 is 7.22. The largest absolute Gasteiger partial charge is 0.384 e. The number of hydrogen-bond acceptors (Lipinski definition) is 3. The minimum absolute atomic E-state index is 0.739. The van der Waals surface area contributed by atoms with Crippen LogP contribution in [-0.4, -0.2) is 36.9 Å². The number of methoxy groups -OCH3 is 1. The number of nitrogens with zero attached hydrogens (tertiary/aromatic N) is 2. The zero-order valence-corrected chi connectivity index (χ0v) is 8.99. The second kappa shape index (κ2) is 6.56. The Hall–Kier alpha value is -0.870. The van der Waals surface area contributed by atoms with E-state index < -0.39 is 0 Å². The lowest BCUT2D eigenvalue weighted by atomic mass is 10.4. The van der Waals surface area contributed by atoms with Crippen LogP contribution in [0.4, 0.5) is 0 Å². The molecule has 0 amide bonds. The van der Waals surface area contributed by atoms with Crippen LogP contribution < -0.4 is 5.32 Å². The molecule has 0 saturated heterocycles. The summed E-state index contributed by atoms with van der Waals surface area (Å²) in [5.41, 5.74) is 0. The molecule has 0 radical (unpaired) electrons. The predicted octanol–water partition coefficient (Wildman–Crippen LogP) is 0.681. The van der Waals surface area contributed by atoms with E-state index >= 15 is 0 Å². The van der Waals surface area contributed by atoms with E-state index in [-0.39, 0.29) is 0 Å². The summed E-state index contributed by atoms with van der Waals surface area (Å²) in [6, 6.07) is 0. The van der Waals surface area contributed by atoms with Gasteiger partial charge in [0.05, 0.1) is 6.61 Å². The van der Waals surface area contributed by atoms with E-state index in [1.807, 2.05) is 19.4 Å². The molecule has 80 valence electrons. The van der Waals surface area contributed by atoms with Crippen LogP contribution in [0.1, 0.15) is 12.2 Å². The lowest BCUT2D eigenvalue weighted by Crippen LogP contribution is -2.12. The molecule has 0 fully saturated rings. The average Bonchev–Trinajstić information content (AvgIpc) is 2.63. The Morgan fingerprint density at radius 3 is 3.14 bits per heavy atom. The van der Waals surface area contributed by atoms with E-state index in [2.05, 4.69) is 14.9 Å². The van der Waals surface area contributed by atoms with Gasteiger partial charge in [0.25, 0.3) is 0 Å². The van der Waals surface area contributed by atoms with Crippen molar-refractivity contribution >= 4 is 0 Å². The first kappa shape index (κ1) is 11.2. The van der Waals surface area contributed by atoms with E-state index in [0.29, 0.717) is 0 Å². The molecule has 0 unspecified atom stereocenters. The number of aryl methyl sites for hydroxylation is 1. The number of hydrogen-bond donors (Lipinski definition) is 1. The molecule has 0 saturated carbocycles. The monoisotopic (exact) mass is 197 g/mol. The van der Waals surface area contributed by atoms with Gasteiger partial charge in [-0.05, 0) is 20.0 Å². The Morgan fingerprint density at radius 1 is 1.57 bits per heavy atom. The summed E-state index contributed by atoms with van der Waals surface area (Å²) in [5.74, 6) is 1.11. The van der Waals surface area contributed by atoms with Crippen LogP contribution in [0.15, 0.2) is 12.4 Å². The van der Waals surface area contributed by atoms with E-state index in [0.717, 1.165) is 38.4 Å². The van der Waals surface area contributed by atoms with Gasteiger partial charge in [-0.25, -0.2) is 4.98 Å². The molecule has 1 heterocycles. The highest BCUT2D eigenvalue weighted by atomic mass is 16.5. The molecule has 0 aliphatic carbocycles. The fourth-order valence-corrected chi connectivity index (χ4v) is 1.39. The summed E-state index contributed by atoms with van der Waals surface area (Å²) in [7, 11) is 3.69. The highest BCUT2D eigenvalue weighted by molar-refractivity contribution is 4.92. The highest BCUT2D eigenvalue weighted by Crippen LogP contribution is 2.00. The third kappa shape index (κ3) is 3.47. The van der Waals surface area contributed by atoms with Gasteiger partial charge in [0.15, 0.2) is 0 Å². The highest BCUT2D eigenvalue weighted by Gasteiger charge is 2.01. The molecular weight excluding hydrogens is 178 g/mol. The summed E-state index contributed by atoms with van der Waals surface area (Å²) in [6.07, 6.45) is 5.90. The Bertz CT molecular complexity index is 247. The lowest BCUT2D eigenvalue weighted by molar-refractivity contribution is 0.199. The second-order valence-electron chi connectivity index (χ2n) is 3.24. The third-order valence-electron chi connectivity index (χ3n) is 2.16. The molecule has 4 nitrogen and oxygen atoms in total. The van der Waals surface area contributed by atoms with Gasteiger partial charge < -0.3 is 14.6 Å². The standard InChI is InChI=1S/C10H19N3O/c1-11-5-3-7-13-8-6-12-10(13)4-9-14-2/h6,8,11H,3-5,7,9H2,1-2H3. The van der Waals surface area contributed by atoms with Gasteiger partial charge in [-0.3, -0.25) is 0 Å². The van der Waals surface area contributed by atoms with Crippen molar-refractivity contribution in [2.45, 2.75) is 19.4 Å². The molecule has 0 aromatic carbocycles. The van der Waals surface area contributed by atoms with E-state index in [1.54, 1.807) is 7.11 Å². The number of ether oxygens (including phenoxy) is 1. The predicted molar refractivity (Wildman–Crippen MR) is 56.4 cm³/mol. The van der Waals surface area contributed by atoms with Gasteiger partial charge in [-0.2, -0.15) is 0 Å². The van der Waals surface area contributed by atoms with Crippen molar-refractivity contribution in [3.05, 3.63) is 18.2 Å². The lowest BCUT2D eigenvalue weighted by Gasteiger charge is -2.06. The molecule has 1 aromatic rings. The number of aromatic nitrogens is 2. The first-order valence-electron chi connectivity index (χ1n) is 5.02. The fraction of sp³-hybridized carbons (Fsp3) is 0.700. The zero-order valence-electron chi connectivity index (χ0n) is 8.99. The van der Waals surface area contributed by atoms with Crippen LogP contribution in [0.5, 0.6) is 0 Å². The normalized spacial score (nSPS) is 10.7. The van der Waals surface area contributed by atoms with Crippen molar-refractivity contribution in [2.75, 3.05) is 27.3 Å². The quantitative estimate of drug-likeness (QED) is 0.653. The number of nitrogens with one attached hydrogen (secondary N) is 1. The Morgan fingerprint density at radius 2 is 2.43 bits per heavy atom. The Balaban J connectivity index is 2.37. The summed E-state index contributed by atoms with van der Waals surface area (Å²) in [4.78, 5) is 4.29. The first-order chi connectivity index (χ1) is 6.88. The topological polar surface area (TPSA) is 39.1 Å². The maximum Gasteiger partial charge on any atom is 0.110 e. The summed E-state index contributed by atoms with van der Waals surface area (Å²) in [6.45, 7) is 2.81. The van der Waals surface area contributed by atoms with Crippen LogP contribution >= 0.6 is 0 Å². The van der Waals surface area contributed by atoms with Crippen molar-refractivity contribution in [3.8, 4) is 0 Å². The zero-order chi connectivity index (χ0) is 10.2. The average molecular weight is 197 g/mol. The van der Waals surface area contributed by atoms with Crippen molar-refractivity contribution in [1.82, 2.24) is 14.9 Å². The Kier molecular flexibility index (Phi) is 5.25. The van der Waals surface area contributed by atoms with E-state index in [9.17, 15) is 0 Å². The molecular formula is C10H19N3O. The minimum Gasteiger partial charge on any atom is -0.384 e. The fourth-order valence-electron chi connectivity index (χ4n) is 1.39. The van der Waals surface area contributed by atoms with Crippen LogP contribution in [0.3, 0.4) is 0 Å². The molecule has 0 bridgehead atoms. The molecule has 1 N–H and O–H groups in total. The molecule has 0 atom stereocenters. The van der Waals surface area contributed by atoms with Crippen molar-refractivity contribution < 1.29 is 4.74 Å². The van der Waals surface area contributed by atoms with Gasteiger partial charge in [-0.1, -0.05) is 0 Å². The number of rotatable bonds is 7. The molecule has 0 aliphatic heterocycles. The van der Waals surface area contributed by atoms with Gasteiger partial charge in [0, 0.05) is 32.5 Å². The maximum atomic E-state index is 5.03. The Labute approximate surface area is 85.3 Å². The number of imidazole rings is 1. The summed E-state index contributed by atoms with van der Waals surface area (Å²) >= 11 is 0. The molecule has 1 aromatic heterocycles. The first-order valence-corrected chi connectivity index (χ1v) is 5.02. The van der Waals surface area contributed by atoms with Crippen molar-refractivity contribution in [3.63, 3.8) is 0 Å². The molecule has 0 spiro atoms. The van der Waals surface area contributed by atoms with Gasteiger partial charge in [-0.15, -0.1) is 0 Å². The van der Waals surface area contributed by atoms with E-state index in [4.69, 9.17) is 4.74 Å². The smallest absolute Gasteiger partial charge is 0.110 e. The van der Waals surface area contributed by atoms with Crippen molar-refractivity contribution in [2.24, 2.45) is 0 Å². The molecule has 4 heteroatoms. The SMILES string of the molecule is CNCCCn1ccnc1CCOC. The van der Waals surface area contributed by atoms with Crippen molar-refractivity contribution in [1.29, 1.82) is 0 Å². The van der Waals surface area contributed by atoms with Gasteiger partial charge >= 0.3 is 0 Å². The molecule has 0 aliphatic rings. The van der Waals surface area contributed by atoms with Crippen LogP contribution in [0, 0.1) is 0 Å². The van der Waals surface area contributed by atoms with Crippen LogP contribution in [0.25, 0.3) is 0 Å². The molecule has 1 rings (SSSR count). The van der Waals surface area contributed by atoms with E-state index in [1.165, 1.54) is 0 Å². The molecule has 14 heavy (non-hydrogen) atoms. The third-order valence-corrected chi connectivity index (χ3v) is 2.16. The minimum atomic E-state index is 0.739. The maximum absolute atomic E-state index is 5.03. The second-order valence-corrected chi connectivity index (χ2v) is 3.24. The summed E-state index contributed by atoms with van der Waals surface area (Å²) in [5, 5.41) is 3.13. The van der Waals surface area contributed by atoms with Gasteiger partial charge in [0.2, 0.25) is 0 Å². The van der Waals surface area contributed by atoms with Gasteiger partial charge in [0.1, 0.15) is 5.82 Å².